The van der Waals surface area contributed by atoms with Crippen LogP contribution in [-0.4, -0.2) is 39.8 Å². The molecule has 1 unspecified atom stereocenters. The lowest BCUT2D eigenvalue weighted by Crippen LogP contribution is -2.40. The van der Waals surface area contributed by atoms with Crippen LogP contribution in [0.15, 0.2) is 18.7 Å². The van der Waals surface area contributed by atoms with Gasteiger partial charge in [0.15, 0.2) is 0 Å². The number of nitrogens with two attached hydrogens (primary N) is 1. The minimum Gasteiger partial charge on any atom is -0.480 e. The number of aromatic nitrogens is 2. The molecule has 90 valence electrons. The Hall–Kier alpha value is -1.40. The highest BCUT2D eigenvalue weighted by atomic mass is 16.4. The molecule has 0 spiro atoms. The molecule has 0 aliphatic rings. The first-order chi connectivity index (χ1) is 7.70. The van der Waals surface area contributed by atoms with Crippen molar-refractivity contribution in [1.29, 1.82) is 0 Å². The molecule has 1 rings (SSSR count). The summed E-state index contributed by atoms with van der Waals surface area (Å²) in [5, 5.41) is 11.6. The molecule has 1 heterocycles. The maximum atomic E-state index is 10.4. The first-order valence-corrected chi connectivity index (χ1v) is 5.35. The number of nitrogens with one attached hydrogen (secondary N) is 1. The largest absolute Gasteiger partial charge is 0.480 e. The number of unbranched alkanes of at least 4 members (excludes halogenated alkanes) is 1. The standard InChI is InChI=1S/C10H18N4O2/c11-9(10(15)16)7-12-3-1-2-5-14-6-4-13-8-14/h4,6,8-9,12H,1-3,5,7,11H2,(H,15,16). The van der Waals surface area contributed by atoms with Crippen LogP contribution in [0.1, 0.15) is 12.8 Å². The maximum Gasteiger partial charge on any atom is 0.321 e. The second kappa shape index (κ2) is 6.97. The van der Waals surface area contributed by atoms with Gasteiger partial charge in [0.25, 0.3) is 0 Å². The predicted octanol–water partition coefficient (Wildman–Crippen LogP) is -0.335. The summed E-state index contributed by atoms with van der Waals surface area (Å²) < 4.78 is 2.02. The van der Waals surface area contributed by atoms with Gasteiger partial charge in [0.1, 0.15) is 6.04 Å². The minimum atomic E-state index is -0.967. The molecule has 4 N–H and O–H groups in total. The number of carbonyl (C=O) groups is 1. The van der Waals surface area contributed by atoms with Gasteiger partial charge in [-0.05, 0) is 19.4 Å². The quantitative estimate of drug-likeness (QED) is 0.527. The van der Waals surface area contributed by atoms with Gasteiger partial charge in [-0.2, -0.15) is 0 Å². The SMILES string of the molecule is NC(CNCCCCn1ccnc1)C(=O)O. The van der Waals surface area contributed by atoms with Gasteiger partial charge in [-0.15, -0.1) is 0 Å². The molecule has 0 bridgehead atoms. The van der Waals surface area contributed by atoms with Gasteiger partial charge in [0, 0.05) is 25.5 Å². The van der Waals surface area contributed by atoms with Crippen molar-refractivity contribution in [3.05, 3.63) is 18.7 Å². The fourth-order valence-electron chi connectivity index (χ4n) is 1.31. The first-order valence-electron chi connectivity index (χ1n) is 5.35. The van der Waals surface area contributed by atoms with E-state index in [9.17, 15) is 4.79 Å². The molecule has 0 aliphatic carbocycles. The van der Waals surface area contributed by atoms with Crippen LogP contribution in [0.4, 0.5) is 0 Å². The normalized spacial score (nSPS) is 12.6. The van der Waals surface area contributed by atoms with Crippen LogP contribution < -0.4 is 11.1 Å². The summed E-state index contributed by atoms with van der Waals surface area (Å²) in [6, 6.07) is -0.811. The third-order valence-electron chi connectivity index (χ3n) is 2.26. The van der Waals surface area contributed by atoms with Crippen molar-refractivity contribution in [3.63, 3.8) is 0 Å². The summed E-state index contributed by atoms with van der Waals surface area (Å²) in [5.74, 6) is -0.967. The van der Waals surface area contributed by atoms with E-state index in [1.54, 1.807) is 12.5 Å². The summed E-state index contributed by atoms with van der Waals surface area (Å²) >= 11 is 0. The third kappa shape index (κ3) is 4.90. The van der Waals surface area contributed by atoms with Crippen molar-refractivity contribution in [1.82, 2.24) is 14.9 Å². The van der Waals surface area contributed by atoms with Crippen molar-refractivity contribution < 1.29 is 9.90 Å². The smallest absolute Gasteiger partial charge is 0.321 e. The van der Waals surface area contributed by atoms with Crippen LogP contribution in [0.3, 0.4) is 0 Å². The second-order valence-electron chi connectivity index (χ2n) is 3.66. The molecular formula is C10H18N4O2. The number of aliphatic carboxylic acids is 1. The summed E-state index contributed by atoms with van der Waals surface area (Å²) in [6.07, 6.45) is 7.49. The van der Waals surface area contributed by atoms with Gasteiger partial charge in [-0.1, -0.05) is 0 Å². The fraction of sp³-hybridized carbons (Fsp3) is 0.600. The van der Waals surface area contributed by atoms with Crippen LogP contribution in [0.5, 0.6) is 0 Å². The summed E-state index contributed by atoms with van der Waals surface area (Å²) in [6.45, 7) is 2.04. The van der Waals surface area contributed by atoms with Gasteiger partial charge < -0.3 is 20.7 Å². The number of rotatable bonds is 8. The molecule has 0 aromatic carbocycles. The highest BCUT2D eigenvalue weighted by molar-refractivity contribution is 5.73. The molecule has 0 amide bonds. The van der Waals surface area contributed by atoms with E-state index in [-0.39, 0.29) is 0 Å². The lowest BCUT2D eigenvalue weighted by molar-refractivity contribution is -0.138. The maximum absolute atomic E-state index is 10.4. The Morgan fingerprint density at radius 1 is 1.56 bits per heavy atom. The lowest BCUT2D eigenvalue weighted by Gasteiger charge is -2.08. The molecule has 0 fully saturated rings. The fourth-order valence-corrected chi connectivity index (χ4v) is 1.31. The molecule has 6 heteroatoms. The number of carboxylic acid groups (broad SMARTS) is 1. The van der Waals surface area contributed by atoms with Gasteiger partial charge in [0.2, 0.25) is 0 Å². The molecule has 0 aliphatic heterocycles. The Morgan fingerprint density at radius 2 is 2.38 bits per heavy atom. The van der Waals surface area contributed by atoms with Crippen LogP contribution in [0.25, 0.3) is 0 Å². The zero-order valence-corrected chi connectivity index (χ0v) is 9.17. The summed E-state index contributed by atoms with van der Waals surface area (Å²) in [4.78, 5) is 14.3. The molecule has 0 saturated carbocycles. The van der Waals surface area contributed by atoms with Crippen LogP contribution >= 0.6 is 0 Å². The van der Waals surface area contributed by atoms with Crippen molar-refractivity contribution in [3.8, 4) is 0 Å². The van der Waals surface area contributed by atoms with E-state index in [0.29, 0.717) is 6.54 Å². The minimum absolute atomic E-state index is 0.320. The van der Waals surface area contributed by atoms with E-state index in [4.69, 9.17) is 10.8 Å². The highest BCUT2D eigenvalue weighted by Crippen LogP contribution is 1.93. The number of hydrogen-bond acceptors (Lipinski definition) is 4. The average Bonchev–Trinajstić information content (AvgIpc) is 2.75. The van der Waals surface area contributed by atoms with Gasteiger partial charge in [0.05, 0.1) is 6.33 Å². The van der Waals surface area contributed by atoms with Crippen LogP contribution in [0, 0.1) is 0 Å². The van der Waals surface area contributed by atoms with E-state index in [0.717, 1.165) is 25.9 Å². The summed E-state index contributed by atoms with van der Waals surface area (Å²) in [5.41, 5.74) is 5.33. The number of nitrogens with zero attached hydrogens (tertiary/aromatic N) is 2. The Balaban J connectivity index is 1.94. The van der Waals surface area contributed by atoms with Gasteiger partial charge >= 0.3 is 5.97 Å². The van der Waals surface area contributed by atoms with Gasteiger partial charge in [-0.3, -0.25) is 4.79 Å². The highest BCUT2D eigenvalue weighted by Gasteiger charge is 2.09. The van der Waals surface area contributed by atoms with Crippen molar-refractivity contribution in [2.24, 2.45) is 5.73 Å². The van der Waals surface area contributed by atoms with Crippen LogP contribution in [0.2, 0.25) is 0 Å². The molecule has 16 heavy (non-hydrogen) atoms. The monoisotopic (exact) mass is 226 g/mol. The molecule has 0 radical (unpaired) electrons. The Morgan fingerprint density at radius 3 is 3.00 bits per heavy atom. The average molecular weight is 226 g/mol. The summed E-state index contributed by atoms with van der Waals surface area (Å²) in [7, 11) is 0. The Kier molecular flexibility index (Phi) is 5.52. The van der Waals surface area contributed by atoms with E-state index in [1.807, 2.05) is 10.8 Å². The van der Waals surface area contributed by atoms with E-state index >= 15 is 0 Å². The zero-order valence-electron chi connectivity index (χ0n) is 9.17. The number of aryl methyl sites for hydroxylation is 1. The van der Waals surface area contributed by atoms with Crippen molar-refractivity contribution in [2.75, 3.05) is 13.1 Å². The lowest BCUT2D eigenvalue weighted by atomic mass is 10.3. The molecule has 1 aromatic heterocycles. The third-order valence-corrected chi connectivity index (χ3v) is 2.26. The van der Waals surface area contributed by atoms with E-state index in [2.05, 4.69) is 10.3 Å². The molecule has 1 aromatic rings. The second-order valence-corrected chi connectivity index (χ2v) is 3.66. The molecule has 6 nitrogen and oxygen atoms in total. The van der Waals surface area contributed by atoms with E-state index < -0.39 is 12.0 Å². The van der Waals surface area contributed by atoms with Crippen molar-refractivity contribution >= 4 is 5.97 Å². The van der Waals surface area contributed by atoms with E-state index in [1.165, 1.54) is 0 Å². The van der Waals surface area contributed by atoms with Gasteiger partial charge in [-0.25, -0.2) is 4.98 Å². The topological polar surface area (TPSA) is 93.2 Å². The zero-order chi connectivity index (χ0) is 11.8. The number of imidazole rings is 1. The number of carboxylic acids is 1. The predicted molar refractivity (Wildman–Crippen MR) is 59.9 cm³/mol. The first kappa shape index (κ1) is 12.7. The van der Waals surface area contributed by atoms with Crippen LogP contribution in [-0.2, 0) is 11.3 Å². The number of hydrogen-bond donors (Lipinski definition) is 3. The molecular weight excluding hydrogens is 208 g/mol. The molecule has 0 saturated heterocycles. The molecule has 1 atom stereocenters. The Bertz CT molecular complexity index is 300. The van der Waals surface area contributed by atoms with Crippen molar-refractivity contribution in [2.45, 2.75) is 25.4 Å². The Labute approximate surface area is 94.5 Å².